The van der Waals surface area contributed by atoms with Crippen LogP contribution in [0.15, 0.2) is 29.2 Å². The number of hydrogen-bond acceptors (Lipinski definition) is 3. The third-order valence-electron chi connectivity index (χ3n) is 3.73. The molecule has 2 N–H and O–H groups in total. The van der Waals surface area contributed by atoms with Gasteiger partial charge in [0.25, 0.3) is 0 Å². The van der Waals surface area contributed by atoms with Gasteiger partial charge in [-0.05, 0) is 43.4 Å². The molecule has 0 aliphatic heterocycles. The van der Waals surface area contributed by atoms with Gasteiger partial charge >= 0.3 is 0 Å². The van der Waals surface area contributed by atoms with Crippen LogP contribution in [-0.2, 0) is 10.0 Å². The van der Waals surface area contributed by atoms with Crippen LogP contribution in [0.5, 0.6) is 0 Å². The summed E-state index contributed by atoms with van der Waals surface area (Å²) in [7, 11) is -1.76. The highest BCUT2D eigenvalue weighted by Gasteiger charge is 2.44. The smallest absolute Gasteiger partial charge is 0.243 e. The maximum Gasteiger partial charge on any atom is 0.243 e. The molecule has 1 aliphatic carbocycles. The molecular formula is C13H20N2O2S. The van der Waals surface area contributed by atoms with Gasteiger partial charge in [0, 0.05) is 13.6 Å². The van der Waals surface area contributed by atoms with E-state index >= 15 is 0 Å². The molecule has 0 bridgehead atoms. The number of rotatable bonds is 5. The van der Waals surface area contributed by atoms with E-state index in [1.54, 1.807) is 19.2 Å². The molecule has 0 atom stereocenters. The number of benzene rings is 1. The van der Waals surface area contributed by atoms with Crippen LogP contribution >= 0.6 is 0 Å². The summed E-state index contributed by atoms with van der Waals surface area (Å²) < 4.78 is 26.4. The lowest BCUT2D eigenvalue weighted by atomic mass is 10.1. The monoisotopic (exact) mass is 268 g/mol. The Bertz CT molecular complexity index is 536. The van der Waals surface area contributed by atoms with Crippen molar-refractivity contribution < 1.29 is 8.42 Å². The third kappa shape index (κ3) is 2.43. The second-order valence-electron chi connectivity index (χ2n) is 5.23. The maximum atomic E-state index is 12.5. The third-order valence-corrected chi connectivity index (χ3v) is 5.69. The Balaban J connectivity index is 2.24. The van der Waals surface area contributed by atoms with Gasteiger partial charge in [-0.25, -0.2) is 12.7 Å². The van der Waals surface area contributed by atoms with Crippen LogP contribution in [0.3, 0.4) is 0 Å². The lowest BCUT2D eigenvalue weighted by molar-refractivity contribution is 0.371. The van der Waals surface area contributed by atoms with E-state index < -0.39 is 10.0 Å². The Morgan fingerprint density at radius 2 is 1.94 bits per heavy atom. The van der Waals surface area contributed by atoms with E-state index in [0.29, 0.717) is 18.0 Å². The summed E-state index contributed by atoms with van der Waals surface area (Å²) in [6, 6.07) is 7.07. The minimum absolute atomic E-state index is 0.0184. The van der Waals surface area contributed by atoms with Gasteiger partial charge in [0.2, 0.25) is 10.0 Å². The molecule has 0 saturated heterocycles. The molecule has 0 amide bonds. The SMILES string of the molecule is Cc1ccccc1S(=O)(=O)N(C)CC1(CN)CC1. The van der Waals surface area contributed by atoms with Crippen molar-refractivity contribution in [2.45, 2.75) is 24.7 Å². The summed E-state index contributed by atoms with van der Waals surface area (Å²) in [6.45, 7) is 2.89. The Morgan fingerprint density at radius 1 is 1.33 bits per heavy atom. The molecule has 0 unspecified atom stereocenters. The van der Waals surface area contributed by atoms with Gasteiger partial charge in [-0.2, -0.15) is 0 Å². The first-order valence-corrected chi connectivity index (χ1v) is 7.57. The van der Waals surface area contributed by atoms with Crippen molar-refractivity contribution in [2.24, 2.45) is 11.1 Å². The molecule has 0 heterocycles. The van der Waals surface area contributed by atoms with E-state index in [0.717, 1.165) is 18.4 Å². The topological polar surface area (TPSA) is 63.4 Å². The Labute approximate surface area is 109 Å². The van der Waals surface area contributed by atoms with Crippen molar-refractivity contribution in [3.63, 3.8) is 0 Å². The maximum absolute atomic E-state index is 12.5. The predicted molar refractivity (Wildman–Crippen MR) is 71.7 cm³/mol. The number of sulfonamides is 1. The first-order valence-electron chi connectivity index (χ1n) is 6.13. The minimum atomic E-state index is -3.40. The van der Waals surface area contributed by atoms with E-state index in [1.165, 1.54) is 4.31 Å². The fraction of sp³-hybridized carbons (Fsp3) is 0.538. The zero-order valence-electron chi connectivity index (χ0n) is 10.9. The van der Waals surface area contributed by atoms with Gasteiger partial charge in [0.05, 0.1) is 4.90 Å². The second-order valence-corrected chi connectivity index (χ2v) is 7.24. The van der Waals surface area contributed by atoms with E-state index in [1.807, 2.05) is 19.1 Å². The Hall–Kier alpha value is -0.910. The fourth-order valence-electron chi connectivity index (χ4n) is 2.17. The van der Waals surface area contributed by atoms with Crippen LogP contribution in [0, 0.1) is 12.3 Å². The molecular weight excluding hydrogens is 248 g/mol. The zero-order chi connectivity index (χ0) is 13.4. The molecule has 1 fully saturated rings. The molecule has 1 aliphatic rings. The highest BCUT2D eigenvalue weighted by molar-refractivity contribution is 7.89. The summed E-state index contributed by atoms with van der Waals surface area (Å²) in [4.78, 5) is 0.389. The fourth-order valence-corrected chi connectivity index (χ4v) is 3.68. The summed E-state index contributed by atoms with van der Waals surface area (Å²) >= 11 is 0. The van der Waals surface area contributed by atoms with Gasteiger partial charge in [-0.1, -0.05) is 18.2 Å². The number of nitrogens with two attached hydrogens (primary N) is 1. The molecule has 0 radical (unpaired) electrons. The number of aryl methyl sites for hydroxylation is 1. The van der Waals surface area contributed by atoms with E-state index in [-0.39, 0.29) is 5.41 Å². The quantitative estimate of drug-likeness (QED) is 0.877. The molecule has 4 nitrogen and oxygen atoms in total. The van der Waals surface area contributed by atoms with Crippen LogP contribution < -0.4 is 5.73 Å². The minimum Gasteiger partial charge on any atom is -0.330 e. The van der Waals surface area contributed by atoms with E-state index in [2.05, 4.69) is 0 Å². The molecule has 0 spiro atoms. The molecule has 0 aromatic heterocycles. The average Bonchev–Trinajstić information content (AvgIpc) is 3.10. The van der Waals surface area contributed by atoms with Crippen LogP contribution in [0.1, 0.15) is 18.4 Å². The standard InChI is InChI=1S/C13H20N2O2S/c1-11-5-3-4-6-12(11)18(16,17)15(2)10-13(9-14)7-8-13/h3-6H,7-10,14H2,1-2H3. The van der Waals surface area contributed by atoms with Gasteiger partial charge in [-0.15, -0.1) is 0 Å². The molecule has 5 heteroatoms. The second kappa shape index (κ2) is 4.64. The summed E-state index contributed by atoms with van der Waals surface area (Å²) in [5.41, 5.74) is 6.51. The first kappa shape index (κ1) is 13.5. The lowest BCUT2D eigenvalue weighted by Crippen LogP contribution is -2.36. The van der Waals surface area contributed by atoms with Crippen molar-refractivity contribution in [1.82, 2.24) is 4.31 Å². The summed E-state index contributed by atoms with van der Waals surface area (Å²) in [5.74, 6) is 0. The van der Waals surface area contributed by atoms with E-state index in [4.69, 9.17) is 5.73 Å². The molecule has 1 aromatic rings. The normalized spacial score (nSPS) is 18.0. The van der Waals surface area contributed by atoms with Crippen molar-refractivity contribution >= 4 is 10.0 Å². The number of nitrogens with zero attached hydrogens (tertiary/aromatic N) is 1. The Morgan fingerprint density at radius 3 is 2.44 bits per heavy atom. The van der Waals surface area contributed by atoms with Gasteiger partial charge < -0.3 is 5.73 Å². The van der Waals surface area contributed by atoms with Crippen molar-refractivity contribution in [2.75, 3.05) is 20.1 Å². The van der Waals surface area contributed by atoms with Crippen molar-refractivity contribution in [3.05, 3.63) is 29.8 Å². The average molecular weight is 268 g/mol. The highest BCUT2D eigenvalue weighted by Crippen LogP contribution is 2.45. The van der Waals surface area contributed by atoms with Crippen LogP contribution in [0.25, 0.3) is 0 Å². The van der Waals surface area contributed by atoms with Crippen LogP contribution in [0.2, 0.25) is 0 Å². The summed E-state index contributed by atoms with van der Waals surface area (Å²) in [6.07, 6.45) is 2.05. The molecule has 2 rings (SSSR count). The molecule has 1 saturated carbocycles. The number of hydrogen-bond donors (Lipinski definition) is 1. The first-order chi connectivity index (χ1) is 8.41. The molecule has 100 valence electrons. The predicted octanol–water partition coefficient (Wildman–Crippen LogP) is 1.35. The highest BCUT2D eigenvalue weighted by atomic mass is 32.2. The van der Waals surface area contributed by atoms with Gasteiger partial charge in [0.1, 0.15) is 0 Å². The van der Waals surface area contributed by atoms with Gasteiger partial charge in [0.15, 0.2) is 0 Å². The van der Waals surface area contributed by atoms with Gasteiger partial charge in [-0.3, -0.25) is 0 Å². The van der Waals surface area contributed by atoms with Crippen molar-refractivity contribution in [3.8, 4) is 0 Å². The lowest BCUT2D eigenvalue weighted by Gasteiger charge is -2.23. The zero-order valence-corrected chi connectivity index (χ0v) is 11.7. The Kier molecular flexibility index (Phi) is 3.49. The van der Waals surface area contributed by atoms with Crippen LogP contribution in [0.4, 0.5) is 0 Å². The van der Waals surface area contributed by atoms with Crippen molar-refractivity contribution in [1.29, 1.82) is 0 Å². The molecule has 1 aromatic carbocycles. The van der Waals surface area contributed by atoms with Crippen LogP contribution in [-0.4, -0.2) is 32.9 Å². The van der Waals surface area contributed by atoms with E-state index in [9.17, 15) is 8.42 Å². The largest absolute Gasteiger partial charge is 0.330 e. The molecule has 18 heavy (non-hydrogen) atoms. The summed E-state index contributed by atoms with van der Waals surface area (Å²) in [5, 5.41) is 0.